The van der Waals surface area contributed by atoms with Crippen molar-refractivity contribution in [2.45, 2.75) is 17.4 Å². The second kappa shape index (κ2) is 11.2. The highest BCUT2D eigenvalue weighted by molar-refractivity contribution is 8.01. The van der Waals surface area contributed by atoms with Crippen molar-refractivity contribution < 1.29 is 14.3 Å². The molecule has 10 heteroatoms. The van der Waals surface area contributed by atoms with Gasteiger partial charge in [0.15, 0.2) is 10.4 Å². The van der Waals surface area contributed by atoms with E-state index >= 15 is 0 Å². The van der Waals surface area contributed by atoms with Crippen LogP contribution in [0.15, 0.2) is 65.0 Å². The molecule has 0 aliphatic carbocycles. The maximum absolute atomic E-state index is 12.7. The Bertz CT molecular complexity index is 1060. The van der Waals surface area contributed by atoms with Crippen LogP contribution in [0.2, 0.25) is 0 Å². The van der Waals surface area contributed by atoms with Gasteiger partial charge >= 0.3 is 0 Å². The number of benzene rings is 2. The molecule has 33 heavy (non-hydrogen) atoms. The molecule has 0 unspecified atom stereocenters. The fraction of sp³-hybridized carbons (Fsp3) is 0.304. The molecule has 1 aliphatic heterocycles. The van der Waals surface area contributed by atoms with Gasteiger partial charge < -0.3 is 19.9 Å². The molecule has 2 amide bonds. The number of carbonyl (C=O) groups excluding carboxylic acids is 2. The van der Waals surface area contributed by atoms with Gasteiger partial charge in [-0.3, -0.25) is 9.59 Å². The number of nitrogens with zero attached hydrogens (tertiary/aromatic N) is 4. The van der Waals surface area contributed by atoms with Gasteiger partial charge in [-0.25, -0.2) is 0 Å². The number of piperazine rings is 1. The number of carbonyl (C=O) groups is 2. The molecule has 4 rings (SSSR count). The molecule has 2 aromatic carbocycles. The lowest BCUT2D eigenvalue weighted by atomic mass is 10.2. The summed E-state index contributed by atoms with van der Waals surface area (Å²) in [6.45, 7) is 4.34. The third-order valence-corrected chi connectivity index (χ3v) is 7.16. The summed E-state index contributed by atoms with van der Waals surface area (Å²) in [5, 5.41) is 12.2. The number of hydrogen-bond donors (Lipinski definition) is 1. The van der Waals surface area contributed by atoms with E-state index in [9.17, 15) is 9.59 Å². The van der Waals surface area contributed by atoms with Crippen molar-refractivity contribution in [3.05, 3.63) is 60.7 Å². The summed E-state index contributed by atoms with van der Waals surface area (Å²) < 4.78 is 6.51. The molecular formula is C23H25N5O3S2. The molecule has 172 valence electrons. The fourth-order valence-corrected chi connectivity index (χ4v) is 5.06. The first kappa shape index (κ1) is 23.1. The standard InChI is InChI=1S/C23H25N5O3S2/c1-17(31-19-10-6-3-7-11-19)21(30)27-12-14-28(15-13-27)22-25-26-23(33-22)32-16-20(29)24-18-8-4-2-5-9-18/h2-11,17H,12-16H2,1H3,(H,24,29)/t17-/m1/s1. The summed E-state index contributed by atoms with van der Waals surface area (Å²) in [4.78, 5) is 28.8. The van der Waals surface area contributed by atoms with E-state index in [1.807, 2.05) is 65.6 Å². The minimum atomic E-state index is -0.537. The summed E-state index contributed by atoms with van der Waals surface area (Å²) >= 11 is 2.83. The first-order valence-corrected chi connectivity index (χ1v) is 12.5. The van der Waals surface area contributed by atoms with Crippen LogP contribution in [0.3, 0.4) is 0 Å². The second-order valence-electron chi connectivity index (χ2n) is 7.44. The number of nitrogens with one attached hydrogen (secondary N) is 1. The maximum Gasteiger partial charge on any atom is 0.263 e. The largest absolute Gasteiger partial charge is 0.481 e. The zero-order valence-corrected chi connectivity index (χ0v) is 19.8. The number of ether oxygens (including phenoxy) is 1. The van der Waals surface area contributed by atoms with Crippen LogP contribution in [-0.2, 0) is 9.59 Å². The Labute approximate surface area is 201 Å². The average molecular weight is 484 g/mol. The SMILES string of the molecule is C[C@@H](Oc1ccccc1)C(=O)N1CCN(c2nnc(SCC(=O)Nc3ccccc3)s2)CC1. The van der Waals surface area contributed by atoms with Gasteiger partial charge in [-0.2, -0.15) is 0 Å². The number of rotatable bonds is 8. The van der Waals surface area contributed by atoms with E-state index in [1.54, 1.807) is 6.92 Å². The summed E-state index contributed by atoms with van der Waals surface area (Å²) in [6, 6.07) is 18.7. The highest BCUT2D eigenvalue weighted by Crippen LogP contribution is 2.29. The Morgan fingerprint density at radius 2 is 1.70 bits per heavy atom. The quantitative estimate of drug-likeness (QED) is 0.492. The van der Waals surface area contributed by atoms with Gasteiger partial charge in [-0.1, -0.05) is 59.5 Å². The van der Waals surface area contributed by atoms with Crippen molar-refractivity contribution in [2.24, 2.45) is 0 Å². The summed E-state index contributed by atoms with van der Waals surface area (Å²) in [7, 11) is 0. The van der Waals surface area contributed by atoms with Gasteiger partial charge in [0.25, 0.3) is 5.91 Å². The van der Waals surface area contributed by atoms with Crippen LogP contribution in [0.1, 0.15) is 6.92 Å². The van der Waals surface area contributed by atoms with Gasteiger partial charge in [0.1, 0.15) is 5.75 Å². The van der Waals surface area contributed by atoms with Crippen LogP contribution >= 0.6 is 23.1 Å². The number of para-hydroxylation sites is 2. The van der Waals surface area contributed by atoms with Crippen molar-refractivity contribution in [1.29, 1.82) is 0 Å². The van der Waals surface area contributed by atoms with Crippen molar-refractivity contribution >= 4 is 45.7 Å². The highest BCUT2D eigenvalue weighted by atomic mass is 32.2. The van der Waals surface area contributed by atoms with Crippen LogP contribution in [-0.4, -0.2) is 64.9 Å². The summed E-state index contributed by atoms with van der Waals surface area (Å²) in [6.07, 6.45) is -0.537. The van der Waals surface area contributed by atoms with Crippen molar-refractivity contribution in [2.75, 3.05) is 42.1 Å². The number of anilines is 2. The predicted octanol–water partition coefficient (Wildman–Crippen LogP) is 3.39. The van der Waals surface area contributed by atoms with Crippen LogP contribution in [0, 0.1) is 0 Å². The topological polar surface area (TPSA) is 87.7 Å². The lowest BCUT2D eigenvalue weighted by molar-refractivity contribution is -0.138. The van der Waals surface area contributed by atoms with Gasteiger partial charge in [0.2, 0.25) is 11.0 Å². The van der Waals surface area contributed by atoms with Crippen LogP contribution in [0.25, 0.3) is 0 Å². The zero-order valence-electron chi connectivity index (χ0n) is 18.2. The highest BCUT2D eigenvalue weighted by Gasteiger charge is 2.27. The van der Waals surface area contributed by atoms with Gasteiger partial charge in [-0.15, -0.1) is 10.2 Å². The van der Waals surface area contributed by atoms with Crippen molar-refractivity contribution in [1.82, 2.24) is 15.1 Å². The molecule has 0 saturated carbocycles. The Balaban J connectivity index is 1.22. The molecule has 0 bridgehead atoms. The molecule has 3 aromatic rings. The molecule has 1 atom stereocenters. The Hall–Kier alpha value is -3.11. The third kappa shape index (κ3) is 6.45. The van der Waals surface area contributed by atoms with Crippen molar-refractivity contribution in [3.63, 3.8) is 0 Å². The first-order valence-electron chi connectivity index (χ1n) is 10.6. The molecular weight excluding hydrogens is 458 g/mol. The molecule has 1 N–H and O–H groups in total. The molecule has 0 radical (unpaired) electrons. The fourth-order valence-electron chi connectivity index (χ4n) is 3.36. The van der Waals surface area contributed by atoms with Gasteiger partial charge in [-0.05, 0) is 31.2 Å². The third-order valence-electron chi connectivity index (χ3n) is 5.05. The molecule has 1 saturated heterocycles. The lowest BCUT2D eigenvalue weighted by Crippen LogP contribution is -2.52. The number of thioether (sulfide) groups is 1. The molecule has 1 aliphatic rings. The maximum atomic E-state index is 12.7. The number of hydrogen-bond acceptors (Lipinski definition) is 8. The zero-order chi connectivity index (χ0) is 23.0. The lowest BCUT2D eigenvalue weighted by Gasteiger charge is -2.35. The molecule has 1 aromatic heterocycles. The minimum Gasteiger partial charge on any atom is -0.481 e. The molecule has 0 spiro atoms. The van der Waals surface area contributed by atoms with Crippen molar-refractivity contribution in [3.8, 4) is 5.75 Å². The van der Waals surface area contributed by atoms with Crippen LogP contribution in [0.5, 0.6) is 5.75 Å². The van der Waals surface area contributed by atoms with Crippen LogP contribution in [0.4, 0.5) is 10.8 Å². The predicted molar refractivity (Wildman–Crippen MR) is 131 cm³/mol. The summed E-state index contributed by atoms with van der Waals surface area (Å²) in [5.41, 5.74) is 0.775. The summed E-state index contributed by atoms with van der Waals surface area (Å²) in [5.74, 6) is 0.858. The molecule has 2 heterocycles. The normalized spacial score (nSPS) is 14.6. The smallest absolute Gasteiger partial charge is 0.263 e. The Morgan fingerprint density at radius 1 is 1.03 bits per heavy atom. The molecule has 8 nitrogen and oxygen atoms in total. The molecule has 1 fully saturated rings. The van der Waals surface area contributed by atoms with E-state index in [0.717, 1.165) is 15.2 Å². The Morgan fingerprint density at radius 3 is 2.39 bits per heavy atom. The number of aromatic nitrogens is 2. The van der Waals surface area contributed by atoms with Crippen LogP contribution < -0.4 is 15.0 Å². The van der Waals surface area contributed by atoms with E-state index in [2.05, 4.69) is 20.4 Å². The van der Waals surface area contributed by atoms with E-state index in [4.69, 9.17) is 4.74 Å². The average Bonchev–Trinajstić information content (AvgIpc) is 3.33. The minimum absolute atomic E-state index is 0.0172. The van der Waals surface area contributed by atoms with E-state index in [1.165, 1.54) is 23.1 Å². The second-order valence-corrected chi connectivity index (χ2v) is 9.62. The Kier molecular flexibility index (Phi) is 7.79. The van der Waals surface area contributed by atoms with Gasteiger partial charge in [0.05, 0.1) is 5.75 Å². The van der Waals surface area contributed by atoms with Gasteiger partial charge in [0, 0.05) is 31.9 Å². The van der Waals surface area contributed by atoms with E-state index < -0.39 is 6.10 Å². The van der Waals surface area contributed by atoms with E-state index in [-0.39, 0.29) is 17.6 Å². The first-order chi connectivity index (χ1) is 16.1. The monoisotopic (exact) mass is 483 g/mol. The number of amides is 2. The van der Waals surface area contributed by atoms with E-state index in [0.29, 0.717) is 31.9 Å².